The fraction of sp³-hybridized carbons (Fsp3) is 0.588. The molecular formula is C17H27N3O2. The molecule has 0 aromatic heterocycles. The number of carbonyl (C=O) groups is 1. The molecule has 0 atom stereocenters. The molecule has 122 valence electrons. The van der Waals surface area contributed by atoms with Gasteiger partial charge in [0.15, 0.2) is 0 Å². The Morgan fingerprint density at radius 1 is 1.27 bits per heavy atom. The van der Waals surface area contributed by atoms with Gasteiger partial charge in [0.05, 0.1) is 31.1 Å². The Hall–Kier alpha value is -1.75. The highest BCUT2D eigenvalue weighted by Crippen LogP contribution is 2.25. The lowest BCUT2D eigenvalue weighted by molar-refractivity contribution is -0.119. The SMILES string of the molecule is CC(C)CCNC(=O)CNc1ccccc1N1CCOCC1. The number of hydrogen-bond acceptors (Lipinski definition) is 4. The lowest BCUT2D eigenvalue weighted by atomic mass is 10.1. The molecule has 1 amide bonds. The number of hydrogen-bond donors (Lipinski definition) is 2. The van der Waals surface area contributed by atoms with Crippen molar-refractivity contribution in [3.63, 3.8) is 0 Å². The molecule has 0 bridgehead atoms. The highest BCUT2D eigenvalue weighted by Gasteiger charge is 2.14. The number of amides is 1. The molecular weight excluding hydrogens is 278 g/mol. The Bertz CT molecular complexity index is 471. The molecule has 1 heterocycles. The normalized spacial score (nSPS) is 15.0. The van der Waals surface area contributed by atoms with Gasteiger partial charge in [-0.3, -0.25) is 4.79 Å². The summed E-state index contributed by atoms with van der Waals surface area (Å²) in [5.74, 6) is 0.646. The first kappa shape index (κ1) is 16.6. The molecule has 1 saturated heterocycles. The molecule has 1 aromatic rings. The van der Waals surface area contributed by atoms with E-state index in [1.807, 2.05) is 18.2 Å². The van der Waals surface area contributed by atoms with E-state index in [1.165, 1.54) is 0 Å². The summed E-state index contributed by atoms with van der Waals surface area (Å²) in [5.41, 5.74) is 2.14. The van der Waals surface area contributed by atoms with Crippen molar-refractivity contribution in [2.45, 2.75) is 20.3 Å². The molecule has 5 heteroatoms. The first-order chi connectivity index (χ1) is 10.7. The summed E-state index contributed by atoms with van der Waals surface area (Å²) >= 11 is 0. The van der Waals surface area contributed by atoms with Crippen LogP contribution in [0, 0.1) is 5.92 Å². The maximum Gasteiger partial charge on any atom is 0.239 e. The standard InChI is InChI=1S/C17H27N3O2/c1-14(2)7-8-18-17(21)13-19-15-5-3-4-6-16(15)20-9-11-22-12-10-20/h3-6,14,19H,7-13H2,1-2H3,(H,18,21). The smallest absolute Gasteiger partial charge is 0.239 e. The number of carbonyl (C=O) groups excluding carboxylic acids is 1. The van der Waals surface area contributed by atoms with Gasteiger partial charge in [0.2, 0.25) is 5.91 Å². The second-order valence-corrected chi connectivity index (χ2v) is 6.00. The number of morpholine rings is 1. The van der Waals surface area contributed by atoms with Crippen molar-refractivity contribution in [3.05, 3.63) is 24.3 Å². The minimum Gasteiger partial charge on any atom is -0.378 e. The minimum absolute atomic E-state index is 0.0393. The summed E-state index contributed by atoms with van der Waals surface area (Å²) < 4.78 is 5.40. The molecule has 0 unspecified atom stereocenters. The zero-order valence-electron chi connectivity index (χ0n) is 13.6. The predicted molar refractivity (Wildman–Crippen MR) is 90.4 cm³/mol. The second kappa shape index (κ2) is 8.63. The van der Waals surface area contributed by atoms with E-state index in [9.17, 15) is 4.79 Å². The van der Waals surface area contributed by atoms with Crippen LogP contribution in [-0.4, -0.2) is 45.3 Å². The number of anilines is 2. The molecule has 1 aliphatic rings. The fourth-order valence-electron chi connectivity index (χ4n) is 2.44. The van der Waals surface area contributed by atoms with E-state index in [0.29, 0.717) is 12.5 Å². The van der Waals surface area contributed by atoms with Gasteiger partial charge in [0, 0.05) is 19.6 Å². The number of nitrogens with zero attached hydrogens (tertiary/aromatic N) is 1. The molecule has 22 heavy (non-hydrogen) atoms. The van der Waals surface area contributed by atoms with Gasteiger partial charge in [-0.1, -0.05) is 26.0 Å². The zero-order valence-corrected chi connectivity index (χ0v) is 13.6. The largest absolute Gasteiger partial charge is 0.378 e. The van der Waals surface area contributed by atoms with E-state index in [2.05, 4.69) is 35.4 Å². The van der Waals surface area contributed by atoms with Gasteiger partial charge in [0.1, 0.15) is 0 Å². The maximum atomic E-state index is 11.9. The van der Waals surface area contributed by atoms with Crippen molar-refractivity contribution in [3.8, 4) is 0 Å². The highest BCUT2D eigenvalue weighted by atomic mass is 16.5. The van der Waals surface area contributed by atoms with Crippen molar-refractivity contribution < 1.29 is 9.53 Å². The molecule has 0 radical (unpaired) electrons. The Morgan fingerprint density at radius 2 is 2.00 bits per heavy atom. The predicted octanol–water partition coefficient (Wildman–Crippen LogP) is 2.10. The van der Waals surface area contributed by atoms with E-state index in [-0.39, 0.29) is 5.91 Å². The first-order valence-electron chi connectivity index (χ1n) is 8.09. The summed E-state index contributed by atoms with van der Waals surface area (Å²) in [6.45, 7) is 8.64. The molecule has 1 aromatic carbocycles. The molecule has 0 saturated carbocycles. The lowest BCUT2D eigenvalue weighted by Gasteiger charge is -2.30. The Labute approximate surface area is 133 Å². The topological polar surface area (TPSA) is 53.6 Å². The molecule has 1 aliphatic heterocycles. The number of para-hydroxylation sites is 2. The summed E-state index contributed by atoms with van der Waals surface area (Å²) in [7, 11) is 0. The summed E-state index contributed by atoms with van der Waals surface area (Å²) in [5, 5.41) is 6.20. The van der Waals surface area contributed by atoms with E-state index >= 15 is 0 Å². The molecule has 2 N–H and O–H groups in total. The van der Waals surface area contributed by atoms with Crippen molar-refractivity contribution in [2.24, 2.45) is 5.92 Å². The zero-order chi connectivity index (χ0) is 15.8. The van der Waals surface area contributed by atoms with Crippen LogP contribution in [0.15, 0.2) is 24.3 Å². The molecule has 2 rings (SSSR count). The minimum atomic E-state index is 0.0393. The third-order valence-corrected chi connectivity index (χ3v) is 3.74. The Morgan fingerprint density at radius 3 is 2.73 bits per heavy atom. The van der Waals surface area contributed by atoms with E-state index in [0.717, 1.165) is 50.6 Å². The van der Waals surface area contributed by atoms with Gasteiger partial charge in [-0.2, -0.15) is 0 Å². The molecule has 0 spiro atoms. The van der Waals surface area contributed by atoms with Crippen molar-refractivity contribution >= 4 is 17.3 Å². The fourth-order valence-corrected chi connectivity index (χ4v) is 2.44. The Kier molecular flexibility index (Phi) is 6.52. The van der Waals surface area contributed by atoms with Crippen LogP contribution in [0.1, 0.15) is 20.3 Å². The van der Waals surface area contributed by atoms with Crippen LogP contribution in [0.25, 0.3) is 0 Å². The quantitative estimate of drug-likeness (QED) is 0.810. The Balaban J connectivity index is 1.85. The first-order valence-corrected chi connectivity index (χ1v) is 8.09. The number of nitrogens with one attached hydrogen (secondary N) is 2. The number of rotatable bonds is 7. The van der Waals surface area contributed by atoms with Crippen LogP contribution >= 0.6 is 0 Å². The average Bonchev–Trinajstić information content (AvgIpc) is 2.54. The van der Waals surface area contributed by atoms with Gasteiger partial charge in [-0.05, 0) is 24.5 Å². The summed E-state index contributed by atoms with van der Waals surface area (Å²) in [6, 6.07) is 8.12. The van der Waals surface area contributed by atoms with Crippen LogP contribution in [-0.2, 0) is 9.53 Å². The molecule has 0 aliphatic carbocycles. The maximum absolute atomic E-state index is 11.9. The van der Waals surface area contributed by atoms with Crippen LogP contribution in [0.5, 0.6) is 0 Å². The van der Waals surface area contributed by atoms with Gasteiger partial charge >= 0.3 is 0 Å². The van der Waals surface area contributed by atoms with Crippen molar-refractivity contribution in [1.29, 1.82) is 0 Å². The molecule has 5 nitrogen and oxygen atoms in total. The van der Waals surface area contributed by atoms with Gasteiger partial charge in [-0.15, -0.1) is 0 Å². The highest BCUT2D eigenvalue weighted by molar-refractivity contribution is 5.82. The second-order valence-electron chi connectivity index (χ2n) is 6.00. The van der Waals surface area contributed by atoms with Crippen LogP contribution in [0.3, 0.4) is 0 Å². The average molecular weight is 305 g/mol. The third kappa shape index (κ3) is 5.22. The van der Waals surface area contributed by atoms with Gasteiger partial charge in [0.25, 0.3) is 0 Å². The van der Waals surface area contributed by atoms with Crippen molar-refractivity contribution in [2.75, 3.05) is 49.6 Å². The van der Waals surface area contributed by atoms with E-state index in [4.69, 9.17) is 4.74 Å². The van der Waals surface area contributed by atoms with Crippen LogP contribution < -0.4 is 15.5 Å². The van der Waals surface area contributed by atoms with Gasteiger partial charge < -0.3 is 20.3 Å². The van der Waals surface area contributed by atoms with E-state index < -0.39 is 0 Å². The van der Waals surface area contributed by atoms with Crippen LogP contribution in [0.2, 0.25) is 0 Å². The van der Waals surface area contributed by atoms with Crippen molar-refractivity contribution in [1.82, 2.24) is 5.32 Å². The van der Waals surface area contributed by atoms with Gasteiger partial charge in [-0.25, -0.2) is 0 Å². The summed E-state index contributed by atoms with van der Waals surface area (Å²) in [4.78, 5) is 14.2. The third-order valence-electron chi connectivity index (χ3n) is 3.74. The molecule has 1 fully saturated rings. The monoisotopic (exact) mass is 305 g/mol. The summed E-state index contributed by atoms with van der Waals surface area (Å²) in [6.07, 6.45) is 1.01. The van der Waals surface area contributed by atoms with Crippen LogP contribution in [0.4, 0.5) is 11.4 Å². The lowest BCUT2D eigenvalue weighted by Crippen LogP contribution is -2.37. The number of ether oxygens (including phenoxy) is 1. The number of benzene rings is 1. The van der Waals surface area contributed by atoms with E-state index in [1.54, 1.807) is 0 Å².